The molecule has 2 unspecified atom stereocenters. The fourth-order valence-corrected chi connectivity index (χ4v) is 5.75. The summed E-state index contributed by atoms with van der Waals surface area (Å²) < 4.78 is 18.0. The van der Waals surface area contributed by atoms with Crippen LogP contribution in [-0.2, 0) is 19.1 Å². The Hall–Kier alpha value is -2.12. The number of ether oxygens (including phenoxy) is 3. The first-order valence-electron chi connectivity index (χ1n) is 12.2. The molecule has 6 rings (SSSR count). The molecule has 2 saturated heterocycles. The minimum atomic E-state index is -0.369. The first-order valence-corrected chi connectivity index (χ1v) is 12.2. The fraction of sp³-hybridized carbons (Fsp3) is 0.680. The summed E-state index contributed by atoms with van der Waals surface area (Å²) in [6.45, 7) is 1.76. The van der Waals surface area contributed by atoms with E-state index in [9.17, 15) is 9.59 Å². The maximum atomic E-state index is 13.2. The number of nitrogens with zero attached hydrogens (tertiary/aromatic N) is 1. The zero-order chi connectivity index (χ0) is 21.9. The van der Waals surface area contributed by atoms with Crippen LogP contribution in [0.1, 0.15) is 62.8 Å². The van der Waals surface area contributed by atoms with Crippen LogP contribution in [0.25, 0.3) is 0 Å². The van der Waals surface area contributed by atoms with E-state index in [-0.39, 0.29) is 42.7 Å². The molecular formula is C25H34N2O5. The highest BCUT2D eigenvalue weighted by molar-refractivity contribution is 5.82. The first kappa shape index (κ1) is 21.7. The number of amides is 2. The van der Waals surface area contributed by atoms with Crippen molar-refractivity contribution in [2.75, 3.05) is 26.4 Å². The van der Waals surface area contributed by atoms with Gasteiger partial charge in [0, 0.05) is 13.2 Å². The molecule has 1 N–H and O–H groups in total. The molecule has 1 saturated carbocycles. The van der Waals surface area contributed by atoms with E-state index in [0.29, 0.717) is 25.7 Å². The molecule has 0 spiro atoms. The summed E-state index contributed by atoms with van der Waals surface area (Å²) >= 11 is 0. The van der Waals surface area contributed by atoms with E-state index in [1.54, 1.807) is 0 Å². The molecule has 0 aromatic heterocycles. The molecule has 2 bridgehead atoms. The van der Waals surface area contributed by atoms with Gasteiger partial charge >= 0.3 is 0 Å². The second kappa shape index (κ2) is 9.79. The third kappa shape index (κ3) is 4.64. The van der Waals surface area contributed by atoms with Crippen LogP contribution in [0.4, 0.5) is 0 Å². The maximum Gasteiger partial charge on any atom is 0.260 e. The Morgan fingerprint density at radius 3 is 2.66 bits per heavy atom. The van der Waals surface area contributed by atoms with Gasteiger partial charge in [0.05, 0.1) is 24.8 Å². The van der Waals surface area contributed by atoms with E-state index in [4.69, 9.17) is 14.2 Å². The van der Waals surface area contributed by atoms with Gasteiger partial charge in [0.1, 0.15) is 11.9 Å². The second-order valence-electron chi connectivity index (χ2n) is 9.55. The van der Waals surface area contributed by atoms with E-state index in [1.165, 1.54) is 5.56 Å². The van der Waals surface area contributed by atoms with E-state index in [1.807, 2.05) is 23.1 Å². The highest BCUT2D eigenvalue weighted by atomic mass is 16.5. The number of para-hydroxylation sites is 1. The number of hydrogen-bond acceptors (Lipinski definition) is 5. The monoisotopic (exact) mass is 442 g/mol. The first-order chi connectivity index (χ1) is 15.7. The third-order valence-electron chi connectivity index (χ3n) is 7.54. The topological polar surface area (TPSA) is 77.1 Å². The van der Waals surface area contributed by atoms with Gasteiger partial charge in [-0.3, -0.25) is 9.59 Å². The molecular weight excluding hydrogens is 408 g/mol. The van der Waals surface area contributed by atoms with Gasteiger partial charge in [-0.1, -0.05) is 18.2 Å². The average Bonchev–Trinajstić information content (AvgIpc) is 3.37. The Bertz CT molecular complexity index is 816. The molecule has 4 aliphatic heterocycles. The lowest BCUT2D eigenvalue weighted by molar-refractivity contribution is -0.143. The molecule has 1 aliphatic carbocycles. The lowest BCUT2D eigenvalue weighted by Gasteiger charge is -2.42. The maximum absolute atomic E-state index is 13.2. The van der Waals surface area contributed by atoms with Crippen molar-refractivity contribution in [3.05, 3.63) is 29.8 Å². The van der Waals surface area contributed by atoms with Crippen LogP contribution in [0, 0.1) is 0 Å². The van der Waals surface area contributed by atoms with Crippen molar-refractivity contribution in [2.45, 2.75) is 81.6 Å². The predicted molar refractivity (Wildman–Crippen MR) is 119 cm³/mol. The molecule has 3 atom stereocenters. The molecule has 7 nitrogen and oxygen atoms in total. The number of carbonyl (C=O) groups is 2. The van der Waals surface area contributed by atoms with Crippen LogP contribution in [0.2, 0.25) is 0 Å². The summed E-state index contributed by atoms with van der Waals surface area (Å²) in [5.74, 6) is 1.16. The lowest BCUT2D eigenvalue weighted by Crippen LogP contribution is -2.60. The van der Waals surface area contributed by atoms with Crippen molar-refractivity contribution in [2.24, 2.45) is 0 Å². The van der Waals surface area contributed by atoms with Crippen LogP contribution in [0.15, 0.2) is 24.3 Å². The van der Waals surface area contributed by atoms with Crippen LogP contribution < -0.4 is 10.1 Å². The molecule has 1 aromatic rings. The van der Waals surface area contributed by atoms with Crippen LogP contribution >= 0.6 is 0 Å². The van der Waals surface area contributed by atoms with Crippen LogP contribution in [0.3, 0.4) is 0 Å². The quantitative estimate of drug-likeness (QED) is 0.762. The number of rotatable bonds is 2. The number of fused-ring (bicyclic) bond motifs is 5. The minimum absolute atomic E-state index is 0.00998. The minimum Gasteiger partial charge on any atom is -0.483 e. The third-order valence-corrected chi connectivity index (χ3v) is 7.54. The Kier molecular flexibility index (Phi) is 6.64. The molecule has 174 valence electrons. The Labute approximate surface area is 189 Å². The van der Waals surface area contributed by atoms with Crippen molar-refractivity contribution in [1.29, 1.82) is 0 Å². The molecule has 1 aromatic carbocycles. The summed E-state index contributed by atoms with van der Waals surface area (Å²) in [7, 11) is 0. The summed E-state index contributed by atoms with van der Waals surface area (Å²) in [5, 5.41) is 3.18. The molecule has 4 heterocycles. The van der Waals surface area contributed by atoms with E-state index < -0.39 is 0 Å². The smallest absolute Gasteiger partial charge is 0.260 e. The zero-order valence-electron chi connectivity index (χ0n) is 18.7. The second-order valence-corrected chi connectivity index (χ2v) is 9.55. The van der Waals surface area contributed by atoms with Gasteiger partial charge < -0.3 is 24.4 Å². The van der Waals surface area contributed by atoms with Crippen LogP contribution in [0.5, 0.6) is 5.75 Å². The molecule has 0 radical (unpaired) electrons. The molecule has 3 fully saturated rings. The van der Waals surface area contributed by atoms with Gasteiger partial charge in [0.2, 0.25) is 5.91 Å². The largest absolute Gasteiger partial charge is 0.483 e. The highest BCUT2D eigenvalue weighted by Gasteiger charge is 2.38. The molecule has 32 heavy (non-hydrogen) atoms. The highest BCUT2D eigenvalue weighted by Crippen LogP contribution is 2.38. The summed E-state index contributed by atoms with van der Waals surface area (Å²) in [5.41, 5.74) is 1.20. The van der Waals surface area contributed by atoms with Crippen molar-refractivity contribution in [3.8, 4) is 5.75 Å². The Morgan fingerprint density at radius 1 is 1.00 bits per heavy atom. The van der Waals surface area contributed by atoms with Gasteiger partial charge in [-0.25, -0.2) is 0 Å². The van der Waals surface area contributed by atoms with Crippen molar-refractivity contribution < 1.29 is 23.8 Å². The number of benzene rings is 1. The van der Waals surface area contributed by atoms with Gasteiger partial charge in [-0.05, 0) is 68.9 Å². The van der Waals surface area contributed by atoms with E-state index >= 15 is 0 Å². The van der Waals surface area contributed by atoms with Gasteiger partial charge in [0.15, 0.2) is 6.61 Å². The van der Waals surface area contributed by atoms with Crippen molar-refractivity contribution in [3.63, 3.8) is 0 Å². The number of carbonyl (C=O) groups excluding carboxylic acids is 2. The fourth-order valence-electron chi connectivity index (χ4n) is 5.75. The normalized spacial score (nSPS) is 33.2. The molecule has 2 amide bonds. The summed E-state index contributed by atoms with van der Waals surface area (Å²) in [4.78, 5) is 27.9. The van der Waals surface area contributed by atoms with Gasteiger partial charge in [-0.15, -0.1) is 0 Å². The molecule has 7 heteroatoms. The van der Waals surface area contributed by atoms with Crippen LogP contribution in [-0.4, -0.2) is 67.4 Å². The summed E-state index contributed by atoms with van der Waals surface area (Å²) in [6.07, 6.45) is 7.34. The van der Waals surface area contributed by atoms with E-state index in [0.717, 1.165) is 57.1 Å². The van der Waals surface area contributed by atoms with E-state index in [2.05, 4.69) is 11.4 Å². The standard InChI is InChI=1S/C25H34N2O5/c28-24-16-32-22-7-2-1-5-19(22)17-9-11-18(12-10-17)31-15-21-20(6-3-13-27(21)24)26-25(29)23-8-4-14-30-23/h1-2,5,7,17-18,20-21,23H,3-4,6,8-16H2,(H,26,29)/t17?,18?,20-,21?,23?/m0/s1. The SMILES string of the molecule is O=C(N[C@H]1CCCN2C(=O)COc3ccccc3C3CCC(CC3)OCC12)C1CCCO1. The zero-order valence-corrected chi connectivity index (χ0v) is 18.7. The Morgan fingerprint density at radius 2 is 1.84 bits per heavy atom. The lowest BCUT2D eigenvalue weighted by atomic mass is 9.82. The average molecular weight is 443 g/mol. The summed E-state index contributed by atoms with van der Waals surface area (Å²) in [6, 6.07) is 7.81. The van der Waals surface area contributed by atoms with Gasteiger partial charge in [-0.2, -0.15) is 0 Å². The number of nitrogens with one attached hydrogen (secondary N) is 1. The Balaban J connectivity index is 1.36. The van der Waals surface area contributed by atoms with Gasteiger partial charge in [0.25, 0.3) is 5.91 Å². The number of piperidine rings is 1. The molecule has 5 aliphatic rings. The number of hydrogen-bond donors (Lipinski definition) is 1. The van der Waals surface area contributed by atoms with Crippen molar-refractivity contribution in [1.82, 2.24) is 10.2 Å². The predicted octanol–water partition coefficient (Wildman–Crippen LogP) is 2.78. The van der Waals surface area contributed by atoms with Crippen molar-refractivity contribution >= 4 is 11.8 Å².